The second kappa shape index (κ2) is 8.25. The number of hydrogen-bond donors (Lipinski definition) is 4. The van der Waals surface area contributed by atoms with Crippen LogP contribution >= 0.6 is 0 Å². The van der Waals surface area contributed by atoms with Crippen LogP contribution in [0.4, 0.5) is 0 Å². The van der Waals surface area contributed by atoms with Gasteiger partial charge in [-0.2, -0.15) is 0 Å². The van der Waals surface area contributed by atoms with Gasteiger partial charge in [0.25, 0.3) is 0 Å². The third-order valence-corrected chi connectivity index (χ3v) is 7.34. The predicted octanol–water partition coefficient (Wildman–Crippen LogP) is 4.80. The molecule has 2 fully saturated rings. The molecule has 2 aromatic carbocycles. The first-order chi connectivity index (χ1) is 17.2. The van der Waals surface area contributed by atoms with Crippen LogP contribution in [0.5, 0.6) is 0 Å². The Bertz CT molecular complexity index is 1530. The number of aromatic nitrogens is 6. The van der Waals surface area contributed by atoms with Crippen LogP contribution in [0.2, 0.25) is 0 Å². The van der Waals surface area contributed by atoms with Gasteiger partial charge < -0.3 is 20.6 Å². The van der Waals surface area contributed by atoms with Crippen molar-refractivity contribution < 1.29 is 0 Å². The molecule has 4 N–H and O–H groups in total. The van der Waals surface area contributed by atoms with E-state index in [-0.39, 0.29) is 0 Å². The normalized spacial score (nSPS) is 22.5. The average Bonchev–Trinajstić information content (AvgIpc) is 3.69. The number of rotatable bonds is 4. The van der Waals surface area contributed by atoms with Crippen LogP contribution < -0.4 is 10.6 Å². The molecule has 5 aromatic rings. The maximum atomic E-state index is 4.90. The molecule has 7 rings (SSSR count). The molecule has 3 aromatic heterocycles. The number of fused-ring (bicyclic) bond motifs is 2. The Labute approximate surface area is 203 Å². The molecule has 0 bridgehead atoms. The van der Waals surface area contributed by atoms with Crippen molar-refractivity contribution in [2.75, 3.05) is 6.54 Å². The van der Waals surface area contributed by atoms with E-state index in [9.17, 15) is 0 Å². The van der Waals surface area contributed by atoms with Crippen molar-refractivity contribution in [2.45, 2.75) is 50.7 Å². The summed E-state index contributed by atoms with van der Waals surface area (Å²) in [6.45, 7) is 3.28. The standard InChI is InChI=1S/C27H28N8/c1-15-4-7-21(31-15)27-33-19-9-6-17(12-23(19)34-27)24-13-29-22-11-16(5-8-18(22)32-24)25-14-30-26(35-25)20-3-2-10-28-20/h5-6,8-9,11-15,20-21,28,31H,2-4,7,10H2,1H3,(H,30,35)(H,33,34)/t15-,20+,21+/m1/s1. The summed E-state index contributed by atoms with van der Waals surface area (Å²) in [5.74, 6) is 2.03. The first kappa shape index (κ1) is 20.7. The summed E-state index contributed by atoms with van der Waals surface area (Å²) < 4.78 is 0. The highest BCUT2D eigenvalue weighted by Gasteiger charge is 2.24. The Morgan fingerprint density at radius 3 is 2.54 bits per heavy atom. The van der Waals surface area contributed by atoms with E-state index in [0.29, 0.717) is 18.1 Å². The Kier molecular flexibility index (Phi) is 4.89. The minimum absolute atomic E-state index is 0.302. The van der Waals surface area contributed by atoms with E-state index < -0.39 is 0 Å². The number of nitrogens with one attached hydrogen (secondary N) is 4. The Hall–Kier alpha value is -3.62. The highest BCUT2D eigenvalue weighted by Crippen LogP contribution is 2.29. The molecule has 8 nitrogen and oxygen atoms in total. The molecule has 0 aliphatic carbocycles. The number of hydrogen-bond acceptors (Lipinski definition) is 6. The number of nitrogens with zero attached hydrogens (tertiary/aromatic N) is 4. The van der Waals surface area contributed by atoms with Gasteiger partial charge in [0.1, 0.15) is 11.6 Å². The number of aromatic amines is 2. The van der Waals surface area contributed by atoms with Gasteiger partial charge >= 0.3 is 0 Å². The van der Waals surface area contributed by atoms with Gasteiger partial charge in [-0.3, -0.25) is 4.98 Å². The second-order valence-corrected chi connectivity index (χ2v) is 9.84. The second-order valence-electron chi connectivity index (χ2n) is 9.84. The fourth-order valence-corrected chi connectivity index (χ4v) is 5.39. The largest absolute Gasteiger partial charge is 0.341 e. The van der Waals surface area contributed by atoms with E-state index in [1.807, 2.05) is 18.5 Å². The molecule has 0 radical (unpaired) electrons. The van der Waals surface area contributed by atoms with E-state index >= 15 is 0 Å². The first-order valence-electron chi connectivity index (χ1n) is 12.5. The van der Waals surface area contributed by atoms with Gasteiger partial charge in [0.15, 0.2) is 0 Å². The molecule has 8 heteroatoms. The lowest BCUT2D eigenvalue weighted by molar-refractivity contribution is 0.565. The molecule has 0 spiro atoms. The van der Waals surface area contributed by atoms with E-state index in [4.69, 9.17) is 15.0 Å². The minimum atomic E-state index is 0.302. The highest BCUT2D eigenvalue weighted by molar-refractivity contribution is 5.84. The van der Waals surface area contributed by atoms with Gasteiger partial charge in [0, 0.05) is 17.2 Å². The van der Waals surface area contributed by atoms with Crippen molar-refractivity contribution in [2.24, 2.45) is 0 Å². The fourth-order valence-electron chi connectivity index (χ4n) is 5.39. The van der Waals surface area contributed by atoms with Crippen LogP contribution in [0.15, 0.2) is 48.8 Å². The number of imidazole rings is 2. The Morgan fingerprint density at radius 2 is 1.69 bits per heavy atom. The van der Waals surface area contributed by atoms with E-state index in [1.54, 1.807) is 0 Å². The van der Waals surface area contributed by atoms with Gasteiger partial charge in [-0.1, -0.05) is 12.1 Å². The highest BCUT2D eigenvalue weighted by atomic mass is 15.1. The summed E-state index contributed by atoms with van der Waals surface area (Å²) in [6.07, 6.45) is 8.38. The van der Waals surface area contributed by atoms with Gasteiger partial charge in [-0.25, -0.2) is 15.0 Å². The summed E-state index contributed by atoms with van der Waals surface area (Å²) in [6, 6.07) is 13.6. The van der Waals surface area contributed by atoms with E-state index in [2.05, 4.69) is 62.8 Å². The summed E-state index contributed by atoms with van der Waals surface area (Å²) in [4.78, 5) is 26.1. The van der Waals surface area contributed by atoms with E-state index in [1.165, 1.54) is 12.8 Å². The monoisotopic (exact) mass is 464 g/mol. The summed E-state index contributed by atoms with van der Waals surface area (Å²) in [7, 11) is 0. The molecule has 176 valence electrons. The van der Waals surface area contributed by atoms with Crippen LogP contribution in [-0.4, -0.2) is 42.5 Å². The van der Waals surface area contributed by atoms with Crippen molar-refractivity contribution in [3.05, 3.63) is 60.4 Å². The summed E-state index contributed by atoms with van der Waals surface area (Å²) >= 11 is 0. The first-order valence-corrected chi connectivity index (χ1v) is 12.5. The molecule has 5 heterocycles. The van der Waals surface area contributed by atoms with Crippen molar-refractivity contribution >= 4 is 22.1 Å². The molecule has 35 heavy (non-hydrogen) atoms. The topological polar surface area (TPSA) is 107 Å². The molecule has 2 aliphatic rings. The van der Waals surface area contributed by atoms with Crippen LogP contribution in [0, 0.1) is 0 Å². The van der Waals surface area contributed by atoms with Crippen LogP contribution in [0.25, 0.3) is 44.6 Å². The summed E-state index contributed by atoms with van der Waals surface area (Å²) in [5.41, 5.74) is 7.71. The van der Waals surface area contributed by atoms with Crippen molar-refractivity contribution in [1.29, 1.82) is 0 Å². The lowest BCUT2D eigenvalue weighted by atomic mass is 10.1. The maximum Gasteiger partial charge on any atom is 0.124 e. The van der Waals surface area contributed by atoms with Gasteiger partial charge in [-0.05, 0) is 63.4 Å². The molecule has 0 amide bonds. The Morgan fingerprint density at radius 1 is 0.771 bits per heavy atom. The minimum Gasteiger partial charge on any atom is -0.341 e. The molecular formula is C27H28N8. The maximum absolute atomic E-state index is 4.90. The molecule has 2 aliphatic heterocycles. The van der Waals surface area contributed by atoms with E-state index in [0.717, 1.165) is 75.6 Å². The predicted molar refractivity (Wildman–Crippen MR) is 137 cm³/mol. The van der Waals surface area contributed by atoms with Crippen molar-refractivity contribution in [3.63, 3.8) is 0 Å². The van der Waals surface area contributed by atoms with Gasteiger partial charge in [0.2, 0.25) is 0 Å². The van der Waals surface area contributed by atoms with Crippen LogP contribution in [0.1, 0.15) is 56.3 Å². The molecule has 0 saturated carbocycles. The number of benzene rings is 2. The third-order valence-electron chi connectivity index (χ3n) is 7.34. The molecule has 0 unspecified atom stereocenters. The lowest BCUT2D eigenvalue weighted by Gasteiger charge is -2.07. The van der Waals surface area contributed by atoms with Gasteiger partial charge in [0.05, 0.1) is 57.9 Å². The third kappa shape index (κ3) is 3.79. The zero-order chi connectivity index (χ0) is 23.4. The molecule has 3 atom stereocenters. The summed E-state index contributed by atoms with van der Waals surface area (Å²) in [5, 5.41) is 7.10. The smallest absolute Gasteiger partial charge is 0.124 e. The Balaban J connectivity index is 1.17. The van der Waals surface area contributed by atoms with Crippen LogP contribution in [0.3, 0.4) is 0 Å². The zero-order valence-corrected chi connectivity index (χ0v) is 19.7. The van der Waals surface area contributed by atoms with Crippen molar-refractivity contribution in [1.82, 2.24) is 40.5 Å². The number of H-pyrrole nitrogens is 2. The molecular weight excluding hydrogens is 436 g/mol. The lowest BCUT2D eigenvalue weighted by Crippen LogP contribution is -2.21. The zero-order valence-electron chi connectivity index (χ0n) is 19.7. The van der Waals surface area contributed by atoms with Crippen molar-refractivity contribution in [3.8, 4) is 22.5 Å². The quantitative estimate of drug-likeness (QED) is 0.304. The molecule has 2 saturated heterocycles. The van der Waals surface area contributed by atoms with Crippen LogP contribution in [-0.2, 0) is 0 Å². The SMILES string of the molecule is C[C@@H]1CC[C@@H](c2nc3ccc(-c4cnc5cc(-c6cnc([C@@H]7CCCN7)[nH]6)ccc5n4)cc3[nH]2)N1. The average molecular weight is 465 g/mol. The fraction of sp³-hybridized carbons (Fsp3) is 0.333. The van der Waals surface area contributed by atoms with Gasteiger partial charge in [-0.15, -0.1) is 0 Å².